The first-order valence-electron chi connectivity index (χ1n) is 15.1. The summed E-state index contributed by atoms with van der Waals surface area (Å²) in [5.74, 6) is -2.68. The SMILES string of the molecule is CC(C)(C)C(=O)OC[C@H]1O[C@@H](/N=C/c2ccccc2[N+](=O)[O-])[C@H](OC(=O)C(C)(C)C)[C@@H](OC(=O)C(C)(C)C)[C@H]1OC(=O)C(C)(C)C. The third-order valence-electron chi connectivity index (χ3n) is 6.66. The number of benzene rings is 1. The fourth-order valence-corrected chi connectivity index (χ4v) is 3.74. The van der Waals surface area contributed by atoms with Crippen LogP contribution in [-0.4, -0.2) is 72.3 Å². The highest BCUT2D eigenvalue weighted by molar-refractivity contribution is 5.85. The third-order valence-corrected chi connectivity index (χ3v) is 6.66. The van der Waals surface area contributed by atoms with Gasteiger partial charge >= 0.3 is 23.9 Å². The van der Waals surface area contributed by atoms with Gasteiger partial charge in [-0.05, 0) is 89.2 Å². The van der Waals surface area contributed by atoms with Crippen LogP contribution >= 0.6 is 0 Å². The van der Waals surface area contributed by atoms with Gasteiger partial charge in [-0.1, -0.05) is 12.1 Å². The minimum absolute atomic E-state index is 0.122. The van der Waals surface area contributed by atoms with Gasteiger partial charge in [0.05, 0.1) is 32.1 Å². The fraction of sp³-hybridized carbons (Fsp3) is 0.667. The lowest BCUT2D eigenvalue weighted by molar-refractivity contribution is -0.385. The van der Waals surface area contributed by atoms with E-state index < -0.39 is 87.7 Å². The largest absolute Gasteiger partial charge is 0.462 e. The predicted octanol–water partition coefficient (Wildman–Crippen LogP) is 5.20. The Labute approximate surface area is 270 Å². The summed E-state index contributed by atoms with van der Waals surface area (Å²) in [5, 5.41) is 11.7. The maximum Gasteiger partial charge on any atom is 0.311 e. The summed E-state index contributed by atoms with van der Waals surface area (Å²) < 4.78 is 29.5. The predicted molar refractivity (Wildman–Crippen MR) is 168 cm³/mol. The van der Waals surface area contributed by atoms with Crippen molar-refractivity contribution in [3.8, 4) is 0 Å². The molecule has 2 rings (SSSR count). The van der Waals surface area contributed by atoms with E-state index >= 15 is 0 Å². The Morgan fingerprint density at radius 3 is 1.63 bits per heavy atom. The lowest BCUT2D eigenvalue weighted by atomic mass is 9.92. The molecule has 0 saturated carbocycles. The molecule has 0 amide bonds. The van der Waals surface area contributed by atoms with Crippen molar-refractivity contribution in [1.82, 2.24) is 0 Å². The third kappa shape index (κ3) is 10.3. The molecule has 256 valence electrons. The quantitative estimate of drug-likeness (QED) is 0.119. The molecule has 1 aliphatic heterocycles. The van der Waals surface area contributed by atoms with Crippen molar-refractivity contribution in [2.75, 3.05) is 6.61 Å². The molecule has 1 saturated heterocycles. The average molecular weight is 649 g/mol. The number of rotatable bonds is 8. The highest BCUT2D eigenvalue weighted by atomic mass is 16.7. The summed E-state index contributed by atoms with van der Waals surface area (Å²) in [7, 11) is 0. The van der Waals surface area contributed by atoms with E-state index in [0.29, 0.717) is 0 Å². The van der Waals surface area contributed by atoms with Crippen molar-refractivity contribution in [2.45, 2.75) is 114 Å². The van der Waals surface area contributed by atoms with Gasteiger partial charge in [-0.25, -0.2) is 0 Å². The Hall–Kier alpha value is -3.87. The molecule has 46 heavy (non-hydrogen) atoms. The molecule has 1 aliphatic rings. The van der Waals surface area contributed by atoms with Crippen LogP contribution in [0.4, 0.5) is 5.69 Å². The lowest BCUT2D eigenvalue weighted by Gasteiger charge is -2.45. The second-order valence-corrected chi connectivity index (χ2v) is 15.4. The molecular weight excluding hydrogens is 600 g/mol. The lowest BCUT2D eigenvalue weighted by Crippen LogP contribution is -2.63. The van der Waals surface area contributed by atoms with E-state index in [1.807, 2.05) is 0 Å². The highest BCUT2D eigenvalue weighted by Crippen LogP contribution is 2.34. The molecule has 1 aromatic rings. The molecule has 0 bridgehead atoms. The molecule has 0 spiro atoms. The van der Waals surface area contributed by atoms with Gasteiger partial charge in [-0.2, -0.15) is 0 Å². The van der Waals surface area contributed by atoms with Crippen LogP contribution in [0.3, 0.4) is 0 Å². The van der Waals surface area contributed by atoms with Crippen LogP contribution < -0.4 is 0 Å². The normalized spacial score (nSPS) is 22.6. The van der Waals surface area contributed by atoms with E-state index in [9.17, 15) is 29.3 Å². The van der Waals surface area contributed by atoms with Crippen molar-refractivity contribution in [1.29, 1.82) is 0 Å². The maximum atomic E-state index is 13.4. The standard InChI is InChI=1S/C33H48N2O11/c1-30(2,3)26(36)42-18-21-22(44-27(37)31(4,5)6)23(45-28(38)32(7,8)9)24(46-29(39)33(10,11)12)25(43-21)34-17-19-15-13-14-16-20(19)35(40)41/h13-17,21-25H,18H2,1-12H3/b34-17+/t21-,22+,23+,24-,25-/m1/s1. The molecule has 5 atom stereocenters. The molecule has 0 aromatic heterocycles. The Morgan fingerprint density at radius 1 is 0.739 bits per heavy atom. The topological polar surface area (TPSA) is 170 Å². The summed E-state index contributed by atoms with van der Waals surface area (Å²) in [6.07, 6.45) is -5.89. The fourth-order valence-electron chi connectivity index (χ4n) is 3.74. The van der Waals surface area contributed by atoms with Crippen LogP contribution in [0.1, 0.15) is 88.6 Å². The second kappa shape index (κ2) is 14.3. The van der Waals surface area contributed by atoms with Gasteiger partial charge in [-0.15, -0.1) is 0 Å². The zero-order valence-electron chi connectivity index (χ0n) is 28.9. The first kappa shape index (κ1) is 38.3. The van der Waals surface area contributed by atoms with Crippen molar-refractivity contribution >= 4 is 35.8 Å². The first-order chi connectivity index (χ1) is 20.8. The number of aliphatic imine (C=N–C) groups is 1. The maximum absolute atomic E-state index is 13.4. The van der Waals surface area contributed by atoms with Gasteiger partial charge in [0.2, 0.25) is 0 Å². The van der Waals surface area contributed by atoms with Crippen molar-refractivity contribution in [3.05, 3.63) is 39.9 Å². The minimum atomic E-state index is -1.48. The van der Waals surface area contributed by atoms with Crippen LogP contribution in [0.5, 0.6) is 0 Å². The summed E-state index contributed by atoms with van der Waals surface area (Å²) in [5.41, 5.74) is -4.08. The number of nitro benzene ring substituents is 1. The second-order valence-electron chi connectivity index (χ2n) is 15.4. The van der Waals surface area contributed by atoms with E-state index in [1.54, 1.807) is 89.2 Å². The van der Waals surface area contributed by atoms with Crippen LogP contribution in [0.15, 0.2) is 29.3 Å². The smallest absolute Gasteiger partial charge is 0.311 e. The van der Waals surface area contributed by atoms with Crippen LogP contribution in [0.25, 0.3) is 0 Å². The zero-order chi connectivity index (χ0) is 35.4. The van der Waals surface area contributed by atoms with Crippen LogP contribution in [0.2, 0.25) is 0 Å². The number of ether oxygens (including phenoxy) is 5. The zero-order valence-corrected chi connectivity index (χ0v) is 28.9. The van der Waals surface area contributed by atoms with E-state index in [0.717, 1.165) is 0 Å². The summed E-state index contributed by atoms with van der Waals surface area (Å²) >= 11 is 0. The molecule has 0 unspecified atom stereocenters. The molecule has 1 fully saturated rings. The van der Waals surface area contributed by atoms with Gasteiger partial charge in [-0.3, -0.25) is 34.3 Å². The van der Waals surface area contributed by atoms with E-state index in [4.69, 9.17) is 23.7 Å². The molecule has 0 radical (unpaired) electrons. The van der Waals surface area contributed by atoms with Gasteiger partial charge in [0.1, 0.15) is 12.7 Å². The van der Waals surface area contributed by atoms with Crippen molar-refractivity contribution < 1.29 is 47.8 Å². The van der Waals surface area contributed by atoms with Gasteiger partial charge < -0.3 is 23.7 Å². The van der Waals surface area contributed by atoms with Crippen molar-refractivity contribution in [3.63, 3.8) is 0 Å². The Morgan fingerprint density at radius 2 is 1.17 bits per heavy atom. The van der Waals surface area contributed by atoms with Crippen LogP contribution in [0, 0.1) is 31.8 Å². The first-order valence-corrected chi connectivity index (χ1v) is 15.1. The molecule has 1 aromatic carbocycles. The molecule has 1 heterocycles. The van der Waals surface area contributed by atoms with Gasteiger partial charge in [0.15, 0.2) is 24.5 Å². The number of carbonyl (C=O) groups is 4. The monoisotopic (exact) mass is 648 g/mol. The summed E-state index contributed by atoms with van der Waals surface area (Å²) in [6, 6.07) is 5.84. The number of esters is 4. The van der Waals surface area contributed by atoms with E-state index in [1.165, 1.54) is 24.4 Å². The summed E-state index contributed by atoms with van der Waals surface area (Å²) in [6.45, 7) is 19.1. The number of carbonyl (C=O) groups excluding carboxylic acids is 4. The van der Waals surface area contributed by atoms with Crippen LogP contribution in [-0.2, 0) is 42.9 Å². The number of nitrogens with zero attached hydrogens (tertiary/aromatic N) is 2. The van der Waals surface area contributed by atoms with Crippen molar-refractivity contribution in [2.24, 2.45) is 26.7 Å². The molecule has 0 N–H and O–H groups in total. The van der Waals surface area contributed by atoms with Gasteiger partial charge in [0, 0.05) is 12.3 Å². The Balaban J connectivity index is 2.78. The molecule has 13 heteroatoms. The summed E-state index contributed by atoms with van der Waals surface area (Å²) in [4.78, 5) is 68.2. The Bertz CT molecular complexity index is 1330. The van der Waals surface area contributed by atoms with E-state index in [2.05, 4.69) is 4.99 Å². The van der Waals surface area contributed by atoms with Gasteiger partial charge in [0.25, 0.3) is 5.69 Å². The number of hydrogen-bond acceptors (Lipinski definition) is 12. The molecule has 0 aliphatic carbocycles. The molecular formula is C33H48N2O11. The number of hydrogen-bond donors (Lipinski definition) is 0. The number of para-hydroxylation sites is 1. The highest BCUT2D eigenvalue weighted by Gasteiger charge is 2.54. The average Bonchev–Trinajstić information content (AvgIpc) is 2.90. The minimum Gasteiger partial charge on any atom is -0.462 e. The van der Waals surface area contributed by atoms with E-state index in [-0.39, 0.29) is 11.3 Å². The molecule has 13 nitrogen and oxygen atoms in total. The number of nitro groups is 1. The Kier molecular flexibility index (Phi) is 11.9.